The first-order valence-corrected chi connectivity index (χ1v) is 8.67. The largest absolute Gasteiger partial charge is 0.416 e. The van der Waals surface area contributed by atoms with Crippen LogP contribution in [0, 0.1) is 0 Å². The molecular formula is C18H25F3N4O. The third-order valence-electron chi connectivity index (χ3n) is 4.28. The van der Waals surface area contributed by atoms with E-state index in [0.29, 0.717) is 11.5 Å². The van der Waals surface area contributed by atoms with Crippen molar-refractivity contribution >= 4 is 11.9 Å². The highest BCUT2D eigenvalue weighted by Gasteiger charge is 2.30. The number of likely N-dealkylation sites (N-methyl/N-ethyl adjacent to an activating group) is 1. The predicted molar refractivity (Wildman–Crippen MR) is 94.7 cm³/mol. The molecule has 0 saturated heterocycles. The maximum Gasteiger partial charge on any atom is 0.416 e. The summed E-state index contributed by atoms with van der Waals surface area (Å²) in [6.45, 7) is 0.177. The zero-order valence-corrected chi connectivity index (χ0v) is 15.1. The van der Waals surface area contributed by atoms with E-state index in [2.05, 4.69) is 15.6 Å². The van der Waals surface area contributed by atoms with Gasteiger partial charge in [-0.3, -0.25) is 4.79 Å². The van der Waals surface area contributed by atoms with E-state index in [1.165, 1.54) is 11.0 Å². The number of rotatable bonds is 5. The molecule has 1 amide bonds. The van der Waals surface area contributed by atoms with Crippen LogP contribution in [0.4, 0.5) is 13.2 Å². The van der Waals surface area contributed by atoms with Gasteiger partial charge in [0.2, 0.25) is 5.91 Å². The number of guanidine groups is 1. The van der Waals surface area contributed by atoms with Crippen LogP contribution in [0.5, 0.6) is 0 Å². The predicted octanol–water partition coefficient (Wildman–Crippen LogP) is 2.77. The summed E-state index contributed by atoms with van der Waals surface area (Å²) in [4.78, 5) is 17.6. The fourth-order valence-corrected chi connectivity index (χ4v) is 2.75. The summed E-state index contributed by atoms with van der Waals surface area (Å²) in [6, 6.07) is 5.40. The lowest BCUT2D eigenvalue weighted by Gasteiger charge is -2.18. The van der Waals surface area contributed by atoms with Gasteiger partial charge in [-0.2, -0.15) is 13.2 Å². The Morgan fingerprint density at radius 1 is 1.27 bits per heavy atom. The van der Waals surface area contributed by atoms with Crippen molar-refractivity contribution < 1.29 is 18.0 Å². The van der Waals surface area contributed by atoms with Gasteiger partial charge in [-0.1, -0.05) is 25.0 Å². The molecule has 0 aromatic heterocycles. The van der Waals surface area contributed by atoms with E-state index in [4.69, 9.17) is 0 Å². The summed E-state index contributed by atoms with van der Waals surface area (Å²) in [5.74, 6) is 0.342. The Hall–Kier alpha value is -2.25. The average Bonchev–Trinajstić information content (AvgIpc) is 3.09. The number of halogens is 3. The lowest BCUT2D eigenvalue weighted by atomic mass is 10.1. The maximum atomic E-state index is 12.8. The van der Waals surface area contributed by atoms with Crippen LogP contribution in [0.3, 0.4) is 0 Å². The molecule has 8 heteroatoms. The lowest BCUT2D eigenvalue weighted by Crippen LogP contribution is -2.46. The molecule has 0 atom stereocenters. The van der Waals surface area contributed by atoms with E-state index < -0.39 is 11.7 Å². The van der Waals surface area contributed by atoms with Crippen LogP contribution < -0.4 is 10.6 Å². The zero-order valence-electron chi connectivity index (χ0n) is 15.1. The Bertz CT molecular complexity index is 638. The van der Waals surface area contributed by atoms with Crippen LogP contribution in [0.1, 0.15) is 36.8 Å². The number of nitrogens with zero attached hydrogens (tertiary/aromatic N) is 2. The van der Waals surface area contributed by atoms with Crippen molar-refractivity contribution in [3.8, 4) is 0 Å². The second-order valence-electron chi connectivity index (χ2n) is 6.63. The third-order valence-corrected chi connectivity index (χ3v) is 4.28. The molecule has 0 unspecified atom stereocenters. The van der Waals surface area contributed by atoms with Gasteiger partial charge in [0.25, 0.3) is 0 Å². The molecule has 1 aliphatic carbocycles. The monoisotopic (exact) mass is 370 g/mol. The molecule has 5 nitrogen and oxygen atoms in total. The van der Waals surface area contributed by atoms with Crippen LogP contribution in [0.2, 0.25) is 0 Å². The van der Waals surface area contributed by atoms with Crippen LogP contribution in [0.15, 0.2) is 29.3 Å². The molecule has 0 aliphatic heterocycles. The van der Waals surface area contributed by atoms with Crippen molar-refractivity contribution in [2.24, 2.45) is 4.99 Å². The summed E-state index contributed by atoms with van der Waals surface area (Å²) in [5.41, 5.74) is -0.225. The quantitative estimate of drug-likeness (QED) is 0.619. The molecule has 1 aromatic rings. The van der Waals surface area contributed by atoms with Crippen LogP contribution in [-0.2, 0) is 17.5 Å². The molecule has 144 valence electrons. The van der Waals surface area contributed by atoms with Gasteiger partial charge < -0.3 is 15.5 Å². The molecule has 1 saturated carbocycles. The van der Waals surface area contributed by atoms with E-state index in [-0.39, 0.29) is 25.0 Å². The molecule has 2 rings (SSSR count). The zero-order chi connectivity index (χ0) is 19.2. The number of alkyl halides is 3. The summed E-state index contributed by atoms with van der Waals surface area (Å²) >= 11 is 0. The van der Waals surface area contributed by atoms with Crippen LogP contribution in [-0.4, -0.2) is 43.4 Å². The normalized spacial score (nSPS) is 15.8. The van der Waals surface area contributed by atoms with Crippen molar-refractivity contribution in [3.63, 3.8) is 0 Å². The minimum Gasteiger partial charge on any atom is -0.354 e. The summed E-state index contributed by atoms with van der Waals surface area (Å²) in [7, 11) is 3.32. The topological polar surface area (TPSA) is 56.7 Å². The van der Waals surface area contributed by atoms with Gasteiger partial charge in [0.15, 0.2) is 5.96 Å². The number of nitrogens with one attached hydrogen (secondary N) is 2. The van der Waals surface area contributed by atoms with Gasteiger partial charge in [-0.25, -0.2) is 4.99 Å². The standard InChI is InChI=1S/C18H25F3N4O/c1-25(2)16(26)12-23-17(24-15-8-3-4-9-15)22-11-13-6-5-7-14(10-13)18(19,20)21/h5-7,10,15H,3-4,8-9,11-12H2,1-2H3,(H2,22,23,24). The van der Waals surface area contributed by atoms with E-state index in [9.17, 15) is 18.0 Å². The number of benzene rings is 1. The number of carbonyl (C=O) groups is 1. The molecule has 1 fully saturated rings. The lowest BCUT2D eigenvalue weighted by molar-refractivity contribution is -0.137. The third kappa shape index (κ3) is 6.24. The van der Waals surface area contributed by atoms with E-state index in [1.54, 1.807) is 20.2 Å². The van der Waals surface area contributed by atoms with Gasteiger partial charge >= 0.3 is 6.18 Å². The molecular weight excluding hydrogens is 345 g/mol. The van der Waals surface area contributed by atoms with Crippen LogP contribution in [0.25, 0.3) is 0 Å². The van der Waals surface area contributed by atoms with Gasteiger partial charge in [-0.15, -0.1) is 0 Å². The Morgan fingerprint density at radius 2 is 1.96 bits per heavy atom. The Balaban J connectivity index is 2.06. The van der Waals surface area contributed by atoms with Gasteiger partial charge in [0, 0.05) is 20.1 Å². The molecule has 0 radical (unpaired) electrons. The van der Waals surface area contributed by atoms with Crippen LogP contribution >= 0.6 is 0 Å². The highest BCUT2D eigenvalue weighted by molar-refractivity contribution is 5.86. The van der Waals surface area contributed by atoms with Crippen molar-refractivity contribution in [1.82, 2.24) is 15.5 Å². The average molecular weight is 370 g/mol. The Labute approximate surface area is 151 Å². The summed E-state index contributed by atoms with van der Waals surface area (Å²) in [6.07, 6.45) is -0.0663. The van der Waals surface area contributed by atoms with Gasteiger partial charge in [0.05, 0.1) is 18.7 Å². The molecule has 1 aliphatic rings. The summed E-state index contributed by atoms with van der Waals surface area (Å²) < 4.78 is 38.5. The number of carbonyl (C=O) groups excluding carboxylic acids is 1. The Morgan fingerprint density at radius 3 is 2.58 bits per heavy atom. The van der Waals surface area contributed by atoms with Gasteiger partial charge in [0.1, 0.15) is 0 Å². The highest BCUT2D eigenvalue weighted by atomic mass is 19.4. The SMILES string of the molecule is CN(C)C(=O)CNC(=NCc1cccc(C(F)(F)F)c1)NC1CCCC1. The molecule has 0 spiro atoms. The van der Waals surface area contributed by atoms with E-state index in [1.807, 2.05) is 0 Å². The summed E-state index contributed by atoms with van der Waals surface area (Å²) in [5, 5.41) is 6.24. The van der Waals surface area contributed by atoms with Crippen molar-refractivity contribution in [2.75, 3.05) is 20.6 Å². The second kappa shape index (κ2) is 8.91. The van der Waals surface area contributed by atoms with Crippen molar-refractivity contribution in [1.29, 1.82) is 0 Å². The molecule has 2 N–H and O–H groups in total. The highest BCUT2D eigenvalue weighted by Crippen LogP contribution is 2.29. The molecule has 26 heavy (non-hydrogen) atoms. The van der Waals surface area contributed by atoms with Gasteiger partial charge in [-0.05, 0) is 30.5 Å². The fraction of sp³-hybridized carbons (Fsp3) is 0.556. The fourth-order valence-electron chi connectivity index (χ4n) is 2.75. The number of hydrogen-bond acceptors (Lipinski definition) is 2. The first kappa shape index (κ1) is 20.1. The smallest absolute Gasteiger partial charge is 0.354 e. The maximum absolute atomic E-state index is 12.8. The minimum atomic E-state index is -4.37. The number of aliphatic imine (C=N–C) groups is 1. The van der Waals surface area contributed by atoms with E-state index in [0.717, 1.165) is 37.8 Å². The molecule has 0 bridgehead atoms. The first-order valence-electron chi connectivity index (χ1n) is 8.67. The minimum absolute atomic E-state index is 0.0775. The Kier molecular flexibility index (Phi) is 6.88. The number of hydrogen-bond donors (Lipinski definition) is 2. The molecule has 0 heterocycles. The number of amides is 1. The van der Waals surface area contributed by atoms with Crippen molar-refractivity contribution in [2.45, 2.75) is 44.4 Å². The van der Waals surface area contributed by atoms with Crippen molar-refractivity contribution in [3.05, 3.63) is 35.4 Å². The van der Waals surface area contributed by atoms with E-state index >= 15 is 0 Å². The second-order valence-corrected chi connectivity index (χ2v) is 6.63. The first-order chi connectivity index (χ1) is 12.3. The molecule has 1 aromatic carbocycles.